The number of carbonyl (C=O) groups is 1. The smallest absolute Gasteiger partial charge is 0.148 e. The van der Waals surface area contributed by atoms with Gasteiger partial charge in [0, 0.05) is 0 Å². The zero-order chi connectivity index (χ0) is 8.27. The Morgan fingerprint density at radius 1 is 1.36 bits per heavy atom. The minimum Gasteiger partial charge on any atom is -0.298 e. The number of carbonyl (C=O) groups excluding carboxylic acids is 1. The normalized spacial score (nSPS) is 23.1. The van der Waals surface area contributed by atoms with Gasteiger partial charge in [0.1, 0.15) is 5.78 Å². The predicted molar refractivity (Wildman–Crippen MR) is 44.1 cm³/mol. The fraction of sp³-hybridized carbons (Fsp3) is 0.889. The van der Waals surface area contributed by atoms with Gasteiger partial charge in [-0.05, 0) is 25.7 Å². The number of rotatable bonds is 2. The van der Waals surface area contributed by atoms with Crippen LogP contribution in [0.1, 0.15) is 39.0 Å². The van der Waals surface area contributed by atoms with E-state index in [9.17, 15) is 4.79 Å². The molecule has 1 rings (SSSR count). The second-order valence-corrected chi connectivity index (χ2v) is 3.49. The highest BCUT2D eigenvalue weighted by Crippen LogP contribution is 2.26. The van der Waals surface area contributed by atoms with Gasteiger partial charge in [0.05, 0.1) is 6.04 Å². The van der Waals surface area contributed by atoms with Gasteiger partial charge in [-0.15, -0.1) is 0 Å². The fourth-order valence-corrected chi connectivity index (χ4v) is 1.80. The highest BCUT2D eigenvalue weighted by atomic mass is 16.1. The average molecular weight is 154 g/mol. The summed E-state index contributed by atoms with van der Waals surface area (Å²) >= 11 is 0. The van der Waals surface area contributed by atoms with Crippen LogP contribution in [0.3, 0.4) is 0 Å². The molecule has 1 N–H and O–H groups in total. The molecule has 1 fully saturated rings. The van der Waals surface area contributed by atoms with Gasteiger partial charge in [0.25, 0.3) is 0 Å². The Bertz CT molecular complexity index is 138. The van der Waals surface area contributed by atoms with E-state index in [0.717, 1.165) is 12.8 Å². The minimum absolute atomic E-state index is 0.0388. The van der Waals surface area contributed by atoms with Crippen molar-refractivity contribution in [3.8, 4) is 0 Å². The second kappa shape index (κ2) is 3.86. The summed E-state index contributed by atoms with van der Waals surface area (Å²) in [6.07, 6.45) is 5.91. The third-order valence-corrected chi connectivity index (χ3v) is 2.56. The molecule has 0 amide bonds. The van der Waals surface area contributed by atoms with Crippen LogP contribution in [0, 0.1) is 5.92 Å². The van der Waals surface area contributed by atoms with Crippen molar-refractivity contribution in [2.75, 3.05) is 0 Å². The van der Waals surface area contributed by atoms with E-state index in [4.69, 9.17) is 5.73 Å². The summed E-state index contributed by atoms with van der Waals surface area (Å²) in [5.74, 6) is 0.401. The minimum atomic E-state index is -0.435. The number of hydrogen-bond donors (Lipinski definition) is 0. The van der Waals surface area contributed by atoms with Crippen LogP contribution in [0.25, 0.3) is 0 Å². The van der Waals surface area contributed by atoms with Crippen molar-refractivity contribution in [2.45, 2.75) is 45.1 Å². The molecule has 2 nitrogen and oxygen atoms in total. The summed E-state index contributed by atoms with van der Waals surface area (Å²) in [6.45, 7) is 1.53. The van der Waals surface area contributed by atoms with Gasteiger partial charge in [0.15, 0.2) is 0 Å². The molecule has 0 heterocycles. The lowest BCUT2D eigenvalue weighted by Gasteiger charge is -2.24. The first-order valence-electron chi connectivity index (χ1n) is 4.43. The van der Waals surface area contributed by atoms with Crippen LogP contribution in [0.15, 0.2) is 0 Å². The number of hydrogen-bond acceptors (Lipinski definition) is 1. The first kappa shape index (κ1) is 8.72. The standard InChI is InChI=1S/C9H16NO/c1-7(11)9(10)8-5-3-2-4-6-8/h8-10H,2-6H2,1H3. The summed E-state index contributed by atoms with van der Waals surface area (Å²) < 4.78 is 0. The molecule has 0 aromatic rings. The third kappa shape index (κ3) is 2.29. The van der Waals surface area contributed by atoms with Gasteiger partial charge in [-0.25, -0.2) is 5.73 Å². The molecule has 0 aromatic carbocycles. The van der Waals surface area contributed by atoms with E-state index in [2.05, 4.69) is 0 Å². The maximum absolute atomic E-state index is 10.9. The summed E-state index contributed by atoms with van der Waals surface area (Å²) in [7, 11) is 0. The molecular weight excluding hydrogens is 138 g/mol. The largest absolute Gasteiger partial charge is 0.298 e. The van der Waals surface area contributed by atoms with Crippen molar-refractivity contribution in [1.29, 1.82) is 0 Å². The van der Waals surface area contributed by atoms with Gasteiger partial charge >= 0.3 is 0 Å². The molecule has 1 unspecified atom stereocenters. The summed E-state index contributed by atoms with van der Waals surface area (Å²) in [4.78, 5) is 10.9. The number of Topliss-reactive ketones (excluding diaryl/α,β-unsaturated/α-hetero) is 1. The second-order valence-electron chi connectivity index (χ2n) is 3.49. The summed E-state index contributed by atoms with van der Waals surface area (Å²) in [5, 5.41) is 0. The van der Waals surface area contributed by atoms with E-state index in [-0.39, 0.29) is 5.78 Å². The summed E-state index contributed by atoms with van der Waals surface area (Å²) in [5.41, 5.74) is 7.57. The maximum Gasteiger partial charge on any atom is 0.148 e. The molecule has 0 bridgehead atoms. The molecule has 2 heteroatoms. The Kier molecular flexibility index (Phi) is 3.06. The molecule has 1 radical (unpaired) electrons. The molecule has 11 heavy (non-hydrogen) atoms. The van der Waals surface area contributed by atoms with Crippen LogP contribution in [-0.4, -0.2) is 11.8 Å². The number of nitrogens with one attached hydrogen (secondary N) is 1. The fourth-order valence-electron chi connectivity index (χ4n) is 1.80. The lowest BCUT2D eigenvalue weighted by atomic mass is 9.83. The molecule has 0 aromatic heterocycles. The first-order valence-corrected chi connectivity index (χ1v) is 4.43. The van der Waals surface area contributed by atoms with Crippen LogP contribution in [-0.2, 0) is 4.79 Å². The quantitative estimate of drug-likeness (QED) is 0.598. The van der Waals surface area contributed by atoms with Crippen molar-refractivity contribution in [3.05, 3.63) is 0 Å². The Hall–Kier alpha value is -0.370. The Morgan fingerprint density at radius 2 is 1.91 bits per heavy atom. The molecule has 0 spiro atoms. The van der Waals surface area contributed by atoms with Gasteiger partial charge in [-0.2, -0.15) is 0 Å². The van der Waals surface area contributed by atoms with Crippen molar-refractivity contribution in [3.63, 3.8) is 0 Å². The zero-order valence-electron chi connectivity index (χ0n) is 7.10. The molecular formula is C9H16NO. The molecule has 1 saturated carbocycles. The van der Waals surface area contributed by atoms with Crippen LogP contribution in [0.4, 0.5) is 0 Å². The number of ketones is 1. The molecule has 1 aliphatic carbocycles. The Labute approximate surface area is 68.2 Å². The lowest BCUT2D eigenvalue weighted by Crippen LogP contribution is -2.30. The third-order valence-electron chi connectivity index (χ3n) is 2.56. The van der Waals surface area contributed by atoms with Crippen LogP contribution in [0.5, 0.6) is 0 Å². The highest BCUT2D eigenvalue weighted by molar-refractivity contribution is 5.81. The van der Waals surface area contributed by atoms with E-state index in [1.165, 1.54) is 26.2 Å². The molecule has 0 saturated heterocycles. The summed E-state index contributed by atoms with van der Waals surface area (Å²) in [6, 6.07) is -0.435. The molecule has 1 aliphatic rings. The van der Waals surface area contributed by atoms with Gasteiger partial charge in [-0.1, -0.05) is 19.3 Å². The van der Waals surface area contributed by atoms with Crippen molar-refractivity contribution in [1.82, 2.24) is 5.73 Å². The van der Waals surface area contributed by atoms with Crippen LogP contribution < -0.4 is 5.73 Å². The highest BCUT2D eigenvalue weighted by Gasteiger charge is 2.23. The van der Waals surface area contributed by atoms with E-state index >= 15 is 0 Å². The van der Waals surface area contributed by atoms with Gasteiger partial charge in [-0.3, -0.25) is 4.79 Å². The Balaban J connectivity index is 2.38. The lowest BCUT2D eigenvalue weighted by molar-refractivity contribution is -0.119. The predicted octanol–water partition coefficient (Wildman–Crippen LogP) is 1.81. The monoisotopic (exact) mass is 154 g/mol. The van der Waals surface area contributed by atoms with Crippen LogP contribution >= 0.6 is 0 Å². The van der Waals surface area contributed by atoms with Crippen molar-refractivity contribution >= 4 is 5.78 Å². The van der Waals surface area contributed by atoms with Crippen molar-refractivity contribution < 1.29 is 4.79 Å². The van der Waals surface area contributed by atoms with Crippen molar-refractivity contribution in [2.24, 2.45) is 5.92 Å². The van der Waals surface area contributed by atoms with E-state index < -0.39 is 6.04 Å². The molecule has 0 aliphatic heterocycles. The van der Waals surface area contributed by atoms with E-state index in [0.29, 0.717) is 5.92 Å². The molecule has 63 valence electrons. The first-order chi connectivity index (χ1) is 5.22. The van der Waals surface area contributed by atoms with E-state index in [1.807, 2.05) is 0 Å². The van der Waals surface area contributed by atoms with E-state index in [1.54, 1.807) is 0 Å². The Morgan fingerprint density at radius 3 is 2.36 bits per heavy atom. The van der Waals surface area contributed by atoms with Gasteiger partial charge in [0.2, 0.25) is 0 Å². The van der Waals surface area contributed by atoms with Gasteiger partial charge < -0.3 is 0 Å². The molecule has 1 atom stereocenters. The van der Waals surface area contributed by atoms with Crippen LogP contribution in [0.2, 0.25) is 0 Å². The maximum atomic E-state index is 10.9. The SMILES string of the molecule is CC(=O)C([NH])C1CCCCC1. The topological polar surface area (TPSA) is 40.9 Å². The average Bonchev–Trinajstić information content (AvgIpc) is 2.05. The zero-order valence-corrected chi connectivity index (χ0v) is 7.10.